The minimum Gasteiger partial charge on any atom is -0.497 e. The number of anilines is 2. The molecule has 1 aromatic heterocycles. The van der Waals surface area contributed by atoms with Crippen LogP contribution in [0, 0.1) is 5.92 Å². The summed E-state index contributed by atoms with van der Waals surface area (Å²) in [5.74, 6) is 2.82. The second kappa shape index (κ2) is 8.03. The van der Waals surface area contributed by atoms with Crippen LogP contribution < -0.4 is 19.7 Å². The minimum atomic E-state index is -0.295. The highest BCUT2D eigenvalue weighted by atomic mass is 16.5. The van der Waals surface area contributed by atoms with Crippen molar-refractivity contribution in [3.05, 3.63) is 35.9 Å². The molecule has 138 valence electrons. The molecule has 1 fully saturated rings. The number of benzene rings is 1. The molecule has 26 heavy (non-hydrogen) atoms. The van der Waals surface area contributed by atoms with E-state index in [2.05, 4.69) is 27.3 Å². The van der Waals surface area contributed by atoms with Crippen molar-refractivity contribution in [3.63, 3.8) is 0 Å². The highest BCUT2D eigenvalue weighted by Crippen LogP contribution is 2.24. The van der Waals surface area contributed by atoms with Crippen LogP contribution in [0.1, 0.15) is 30.1 Å². The molecule has 7 nitrogen and oxygen atoms in total. The summed E-state index contributed by atoms with van der Waals surface area (Å²) in [6.07, 6.45) is 2.33. The van der Waals surface area contributed by atoms with Gasteiger partial charge in [0.2, 0.25) is 0 Å². The zero-order chi connectivity index (χ0) is 18.5. The monoisotopic (exact) mass is 356 g/mol. The van der Waals surface area contributed by atoms with Gasteiger partial charge in [-0.3, -0.25) is 4.79 Å². The largest absolute Gasteiger partial charge is 0.497 e. The molecule has 0 unspecified atom stereocenters. The standard InChI is InChI=1S/C19H24N4O3/c1-13-6-8-23(9-7-13)18-5-4-17(21-22-18)20-19(24)14-10-15(25-2)12-16(11-14)26-3/h4-5,10-13H,6-9H2,1-3H3,(H,20,21,24). The fraction of sp³-hybridized carbons (Fsp3) is 0.421. The van der Waals surface area contributed by atoms with Crippen LogP contribution in [-0.4, -0.2) is 43.4 Å². The fourth-order valence-electron chi connectivity index (χ4n) is 2.93. The Morgan fingerprint density at radius 3 is 2.27 bits per heavy atom. The molecule has 1 saturated heterocycles. The number of nitrogens with one attached hydrogen (secondary N) is 1. The van der Waals surface area contributed by atoms with Crippen molar-refractivity contribution in [2.24, 2.45) is 5.92 Å². The number of carbonyl (C=O) groups is 1. The first kappa shape index (κ1) is 18.0. The van der Waals surface area contributed by atoms with Crippen molar-refractivity contribution in [2.75, 3.05) is 37.5 Å². The molecule has 0 saturated carbocycles. The summed E-state index contributed by atoms with van der Waals surface area (Å²) in [4.78, 5) is 14.7. The molecular weight excluding hydrogens is 332 g/mol. The molecule has 1 aliphatic rings. The van der Waals surface area contributed by atoms with Crippen molar-refractivity contribution in [1.29, 1.82) is 0 Å². The van der Waals surface area contributed by atoms with Gasteiger partial charge < -0.3 is 19.7 Å². The van der Waals surface area contributed by atoms with E-state index in [0.29, 0.717) is 22.9 Å². The minimum absolute atomic E-state index is 0.295. The van der Waals surface area contributed by atoms with Crippen molar-refractivity contribution in [3.8, 4) is 11.5 Å². The molecule has 7 heteroatoms. The van der Waals surface area contributed by atoms with Gasteiger partial charge in [0.15, 0.2) is 11.6 Å². The summed E-state index contributed by atoms with van der Waals surface area (Å²) in [6.45, 7) is 4.26. The predicted molar refractivity (Wildman–Crippen MR) is 100 cm³/mol. The van der Waals surface area contributed by atoms with Gasteiger partial charge >= 0.3 is 0 Å². The Hall–Kier alpha value is -2.83. The third-order valence-electron chi connectivity index (χ3n) is 4.61. The molecule has 1 amide bonds. The van der Waals surface area contributed by atoms with E-state index in [1.807, 2.05) is 6.07 Å². The molecule has 0 radical (unpaired) electrons. The average molecular weight is 356 g/mol. The summed E-state index contributed by atoms with van der Waals surface area (Å²) in [5, 5.41) is 11.1. The van der Waals surface area contributed by atoms with Crippen LogP contribution in [0.3, 0.4) is 0 Å². The van der Waals surface area contributed by atoms with Gasteiger partial charge in [0.25, 0.3) is 5.91 Å². The van der Waals surface area contributed by atoms with Gasteiger partial charge in [0, 0.05) is 24.7 Å². The molecule has 1 N–H and O–H groups in total. The van der Waals surface area contributed by atoms with Crippen molar-refractivity contribution < 1.29 is 14.3 Å². The van der Waals surface area contributed by atoms with Crippen molar-refractivity contribution >= 4 is 17.5 Å². The lowest BCUT2D eigenvalue weighted by atomic mass is 9.99. The Morgan fingerprint density at radius 1 is 1.08 bits per heavy atom. The smallest absolute Gasteiger partial charge is 0.257 e. The second-order valence-corrected chi connectivity index (χ2v) is 6.50. The molecule has 0 aliphatic carbocycles. The normalized spacial score (nSPS) is 14.8. The van der Waals surface area contributed by atoms with Crippen LogP contribution in [0.15, 0.2) is 30.3 Å². The van der Waals surface area contributed by atoms with Crippen LogP contribution in [0.2, 0.25) is 0 Å². The lowest BCUT2D eigenvalue weighted by Gasteiger charge is -2.30. The van der Waals surface area contributed by atoms with E-state index < -0.39 is 0 Å². The number of hydrogen-bond donors (Lipinski definition) is 1. The zero-order valence-corrected chi connectivity index (χ0v) is 15.4. The predicted octanol–water partition coefficient (Wildman–Crippen LogP) is 2.98. The SMILES string of the molecule is COc1cc(OC)cc(C(=O)Nc2ccc(N3CCC(C)CC3)nn2)c1. The maximum atomic E-state index is 12.5. The number of ether oxygens (including phenoxy) is 2. The van der Waals surface area contributed by atoms with Gasteiger partial charge in [0.1, 0.15) is 11.5 Å². The van der Waals surface area contributed by atoms with Gasteiger partial charge in [-0.05, 0) is 43.0 Å². The molecule has 0 bridgehead atoms. The second-order valence-electron chi connectivity index (χ2n) is 6.50. The van der Waals surface area contributed by atoms with E-state index in [0.717, 1.165) is 37.7 Å². The van der Waals surface area contributed by atoms with Crippen LogP contribution in [0.5, 0.6) is 11.5 Å². The molecular formula is C19H24N4O3. The van der Waals surface area contributed by atoms with E-state index in [1.54, 1.807) is 38.5 Å². The molecule has 3 rings (SSSR count). The number of hydrogen-bond acceptors (Lipinski definition) is 6. The topological polar surface area (TPSA) is 76.6 Å². The highest BCUT2D eigenvalue weighted by Gasteiger charge is 2.17. The molecule has 2 heterocycles. The Balaban J connectivity index is 1.68. The van der Waals surface area contributed by atoms with Gasteiger partial charge in [-0.15, -0.1) is 10.2 Å². The quantitative estimate of drug-likeness (QED) is 0.887. The Kier molecular flexibility index (Phi) is 5.55. The maximum absolute atomic E-state index is 12.5. The molecule has 1 aromatic carbocycles. The summed E-state index contributed by atoms with van der Waals surface area (Å²) in [6, 6.07) is 8.67. The maximum Gasteiger partial charge on any atom is 0.257 e. The van der Waals surface area contributed by atoms with Crippen molar-refractivity contribution in [1.82, 2.24) is 10.2 Å². The van der Waals surface area contributed by atoms with Crippen LogP contribution in [0.4, 0.5) is 11.6 Å². The van der Waals surface area contributed by atoms with E-state index in [-0.39, 0.29) is 5.91 Å². The van der Waals surface area contributed by atoms with Crippen LogP contribution in [0.25, 0.3) is 0 Å². The van der Waals surface area contributed by atoms with E-state index in [1.165, 1.54) is 0 Å². The lowest BCUT2D eigenvalue weighted by molar-refractivity contribution is 0.102. The zero-order valence-electron chi connectivity index (χ0n) is 15.4. The summed E-state index contributed by atoms with van der Waals surface area (Å²) >= 11 is 0. The van der Waals surface area contributed by atoms with Gasteiger partial charge in [0.05, 0.1) is 14.2 Å². The lowest BCUT2D eigenvalue weighted by Crippen LogP contribution is -2.33. The van der Waals surface area contributed by atoms with E-state index in [9.17, 15) is 4.79 Å². The van der Waals surface area contributed by atoms with Crippen LogP contribution >= 0.6 is 0 Å². The number of aromatic nitrogens is 2. The first-order valence-corrected chi connectivity index (χ1v) is 8.72. The van der Waals surface area contributed by atoms with Gasteiger partial charge in [-0.1, -0.05) is 6.92 Å². The Bertz CT molecular complexity index is 734. The van der Waals surface area contributed by atoms with E-state index in [4.69, 9.17) is 9.47 Å². The number of piperidine rings is 1. The summed E-state index contributed by atoms with van der Waals surface area (Å²) in [5.41, 5.74) is 0.428. The Morgan fingerprint density at radius 2 is 1.73 bits per heavy atom. The number of nitrogens with zero attached hydrogens (tertiary/aromatic N) is 3. The number of methoxy groups -OCH3 is 2. The van der Waals surface area contributed by atoms with E-state index >= 15 is 0 Å². The highest BCUT2D eigenvalue weighted by molar-refractivity contribution is 6.04. The third kappa shape index (κ3) is 4.22. The summed E-state index contributed by atoms with van der Waals surface area (Å²) < 4.78 is 10.4. The number of carbonyl (C=O) groups excluding carboxylic acids is 1. The molecule has 0 atom stereocenters. The molecule has 1 aliphatic heterocycles. The third-order valence-corrected chi connectivity index (χ3v) is 4.61. The molecule has 2 aromatic rings. The molecule has 0 spiro atoms. The van der Waals surface area contributed by atoms with Crippen molar-refractivity contribution in [2.45, 2.75) is 19.8 Å². The summed E-state index contributed by atoms with van der Waals surface area (Å²) in [7, 11) is 3.09. The fourth-order valence-corrected chi connectivity index (χ4v) is 2.93. The average Bonchev–Trinajstić information content (AvgIpc) is 2.68. The number of rotatable bonds is 5. The van der Waals surface area contributed by atoms with Gasteiger partial charge in [-0.25, -0.2) is 0 Å². The first-order valence-electron chi connectivity index (χ1n) is 8.72. The Labute approximate surface area is 153 Å². The van der Waals surface area contributed by atoms with Crippen LogP contribution in [-0.2, 0) is 0 Å². The van der Waals surface area contributed by atoms with Gasteiger partial charge in [-0.2, -0.15) is 0 Å². The first-order chi connectivity index (χ1) is 12.6. The number of amides is 1.